The third kappa shape index (κ3) is 4.35. The molecular formula is C3H9O2P. The van der Waals surface area contributed by atoms with E-state index in [1.165, 1.54) is 0 Å². The van der Waals surface area contributed by atoms with Crippen LogP contribution in [0.1, 0.15) is 6.42 Å². The van der Waals surface area contributed by atoms with Crippen LogP contribution >= 0.6 is 9.24 Å². The molecular weight excluding hydrogens is 99.0 g/mol. The Balaban J connectivity index is 2.63. The smallest absolute Gasteiger partial charge is 0.151 e. The van der Waals surface area contributed by atoms with E-state index in [0.717, 1.165) is 6.16 Å². The summed E-state index contributed by atoms with van der Waals surface area (Å²) in [5, 5.41) is 16.2. The number of aliphatic hydroxyl groups excluding tert-OH is 1. The van der Waals surface area contributed by atoms with Gasteiger partial charge in [0.1, 0.15) is 0 Å². The first kappa shape index (κ1) is 6.35. The van der Waals surface area contributed by atoms with Gasteiger partial charge in [-0.2, -0.15) is 0 Å². The van der Waals surface area contributed by atoms with E-state index in [1.807, 2.05) is 0 Å². The summed E-state index contributed by atoms with van der Waals surface area (Å²) in [6, 6.07) is 0. The predicted octanol–water partition coefficient (Wildman–Crippen LogP) is -0.438. The lowest BCUT2D eigenvalue weighted by Gasteiger charge is -1.94. The highest BCUT2D eigenvalue weighted by atomic mass is 31.0. The monoisotopic (exact) mass is 108 g/mol. The molecule has 0 aromatic rings. The first-order valence-corrected chi connectivity index (χ1v) is 2.65. The number of rotatable bonds is 2. The first-order chi connectivity index (χ1) is 2.77. The average molecular weight is 108 g/mol. The number of hydrogen-bond acceptors (Lipinski definition) is 2. The lowest BCUT2D eigenvalue weighted by atomic mass is 10.5. The standard InChI is InChI=1S/C3H9O2P/c4-3(5)1-2-6/h3-5H,1-2,6H2. The molecule has 0 saturated carbocycles. The second-order valence-corrected chi connectivity index (χ2v) is 1.64. The van der Waals surface area contributed by atoms with Crippen molar-refractivity contribution in [2.45, 2.75) is 12.7 Å². The van der Waals surface area contributed by atoms with Crippen LogP contribution in [0, 0.1) is 0 Å². The minimum atomic E-state index is -1.12. The minimum Gasteiger partial charge on any atom is -0.368 e. The van der Waals surface area contributed by atoms with Gasteiger partial charge in [0.2, 0.25) is 0 Å². The van der Waals surface area contributed by atoms with Gasteiger partial charge < -0.3 is 10.2 Å². The SMILES string of the molecule is OC(O)CCP. The molecule has 0 fully saturated rings. The van der Waals surface area contributed by atoms with E-state index in [4.69, 9.17) is 10.2 Å². The molecule has 0 amide bonds. The van der Waals surface area contributed by atoms with E-state index in [0.29, 0.717) is 6.42 Å². The van der Waals surface area contributed by atoms with E-state index in [2.05, 4.69) is 9.24 Å². The molecule has 0 aliphatic rings. The molecule has 0 bridgehead atoms. The Bertz CT molecular complexity index is 30.0. The van der Waals surface area contributed by atoms with Crippen LogP contribution in [-0.4, -0.2) is 22.7 Å². The maximum Gasteiger partial charge on any atom is 0.151 e. The molecule has 0 aliphatic carbocycles. The van der Waals surface area contributed by atoms with Crippen molar-refractivity contribution in [3.63, 3.8) is 0 Å². The zero-order valence-corrected chi connectivity index (χ0v) is 4.62. The second-order valence-electron chi connectivity index (χ2n) is 1.06. The zero-order chi connectivity index (χ0) is 4.99. The molecule has 0 saturated heterocycles. The van der Waals surface area contributed by atoms with E-state index in [9.17, 15) is 0 Å². The molecule has 1 atom stereocenters. The molecule has 0 spiro atoms. The highest BCUT2D eigenvalue weighted by Crippen LogP contribution is 1.89. The van der Waals surface area contributed by atoms with Crippen LogP contribution in [0.15, 0.2) is 0 Å². The zero-order valence-electron chi connectivity index (χ0n) is 3.46. The minimum absolute atomic E-state index is 0.449. The van der Waals surface area contributed by atoms with Gasteiger partial charge in [0.15, 0.2) is 6.29 Å². The summed E-state index contributed by atoms with van der Waals surface area (Å²) >= 11 is 0. The van der Waals surface area contributed by atoms with Crippen LogP contribution in [-0.2, 0) is 0 Å². The Labute approximate surface area is 39.4 Å². The van der Waals surface area contributed by atoms with Crippen molar-refractivity contribution >= 4 is 9.24 Å². The molecule has 38 valence electrons. The van der Waals surface area contributed by atoms with Crippen molar-refractivity contribution in [2.75, 3.05) is 6.16 Å². The molecule has 0 aliphatic heterocycles. The summed E-state index contributed by atoms with van der Waals surface area (Å²) in [5.74, 6) is 0. The van der Waals surface area contributed by atoms with Gasteiger partial charge >= 0.3 is 0 Å². The molecule has 1 unspecified atom stereocenters. The van der Waals surface area contributed by atoms with Crippen LogP contribution in [0.4, 0.5) is 0 Å². The first-order valence-electron chi connectivity index (χ1n) is 1.83. The third-order valence-electron chi connectivity index (χ3n) is 0.425. The van der Waals surface area contributed by atoms with Crippen molar-refractivity contribution < 1.29 is 10.2 Å². The molecule has 2 N–H and O–H groups in total. The van der Waals surface area contributed by atoms with E-state index in [1.54, 1.807) is 0 Å². The Kier molecular flexibility index (Phi) is 3.74. The van der Waals surface area contributed by atoms with Crippen LogP contribution < -0.4 is 0 Å². The molecule has 0 heterocycles. The van der Waals surface area contributed by atoms with Crippen LogP contribution in [0.3, 0.4) is 0 Å². The van der Waals surface area contributed by atoms with Gasteiger partial charge in [-0.25, -0.2) is 0 Å². The van der Waals surface area contributed by atoms with Crippen molar-refractivity contribution in [1.29, 1.82) is 0 Å². The Hall–Kier alpha value is 0.350. The quantitative estimate of drug-likeness (QED) is 0.372. The number of hydrogen-bond donors (Lipinski definition) is 2. The maximum atomic E-state index is 8.09. The van der Waals surface area contributed by atoms with Gasteiger partial charge in [-0.3, -0.25) is 0 Å². The van der Waals surface area contributed by atoms with Gasteiger partial charge in [-0.05, 0) is 6.16 Å². The largest absolute Gasteiger partial charge is 0.368 e. The van der Waals surface area contributed by atoms with Gasteiger partial charge in [0, 0.05) is 6.42 Å². The summed E-state index contributed by atoms with van der Waals surface area (Å²) in [6.45, 7) is 0. The second kappa shape index (κ2) is 3.54. The average Bonchev–Trinajstić information content (AvgIpc) is 1.35. The Morgan fingerprint density at radius 3 is 2.00 bits per heavy atom. The van der Waals surface area contributed by atoms with E-state index >= 15 is 0 Å². The van der Waals surface area contributed by atoms with Gasteiger partial charge in [-0.15, -0.1) is 9.24 Å². The van der Waals surface area contributed by atoms with Gasteiger partial charge in [-0.1, -0.05) is 0 Å². The maximum absolute atomic E-state index is 8.09. The van der Waals surface area contributed by atoms with Crippen molar-refractivity contribution in [3.8, 4) is 0 Å². The van der Waals surface area contributed by atoms with Gasteiger partial charge in [0.05, 0.1) is 0 Å². The molecule has 0 aromatic heterocycles. The Morgan fingerprint density at radius 2 is 2.00 bits per heavy atom. The van der Waals surface area contributed by atoms with Crippen molar-refractivity contribution in [2.24, 2.45) is 0 Å². The molecule has 0 aromatic carbocycles. The highest BCUT2D eigenvalue weighted by molar-refractivity contribution is 7.16. The normalized spacial score (nSPS) is 10.0. The van der Waals surface area contributed by atoms with Gasteiger partial charge in [0.25, 0.3) is 0 Å². The molecule has 0 radical (unpaired) electrons. The lowest BCUT2D eigenvalue weighted by molar-refractivity contribution is -0.0404. The highest BCUT2D eigenvalue weighted by Gasteiger charge is 1.89. The third-order valence-corrected chi connectivity index (χ3v) is 0.758. The number of aliphatic hydroxyl groups is 2. The predicted molar refractivity (Wildman–Crippen MR) is 27.4 cm³/mol. The van der Waals surface area contributed by atoms with Crippen molar-refractivity contribution in [1.82, 2.24) is 0 Å². The van der Waals surface area contributed by atoms with Crippen LogP contribution in [0.25, 0.3) is 0 Å². The fraction of sp³-hybridized carbons (Fsp3) is 1.00. The summed E-state index contributed by atoms with van der Waals surface area (Å²) < 4.78 is 0. The molecule has 6 heavy (non-hydrogen) atoms. The topological polar surface area (TPSA) is 40.5 Å². The fourth-order valence-electron chi connectivity index (χ4n) is 0.149. The lowest BCUT2D eigenvalue weighted by Crippen LogP contribution is -2.03. The molecule has 2 nitrogen and oxygen atoms in total. The molecule has 0 rings (SSSR count). The van der Waals surface area contributed by atoms with Crippen LogP contribution in [0.2, 0.25) is 0 Å². The summed E-state index contributed by atoms with van der Waals surface area (Å²) in [5.41, 5.74) is 0. The van der Waals surface area contributed by atoms with E-state index < -0.39 is 6.29 Å². The summed E-state index contributed by atoms with van der Waals surface area (Å²) in [7, 11) is 2.40. The summed E-state index contributed by atoms with van der Waals surface area (Å²) in [6.07, 6.45) is 0.0741. The molecule has 3 heteroatoms. The van der Waals surface area contributed by atoms with E-state index in [-0.39, 0.29) is 0 Å². The summed E-state index contributed by atoms with van der Waals surface area (Å²) in [4.78, 5) is 0. The Morgan fingerprint density at radius 1 is 1.50 bits per heavy atom. The van der Waals surface area contributed by atoms with Crippen molar-refractivity contribution in [3.05, 3.63) is 0 Å². The fourth-order valence-corrected chi connectivity index (χ4v) is 0.447. The van der Waals surface area contributed by atoms with Crippen LogP contribution in [0.5, 0.6) is 0 Å².